The summed E-state index contributed by atoms with van der Waals surface area (Å²) in [6.07, 6.45) is 1.62. The largest absolute Gasteiger partial charge is 0.512 e. The SMILES string of the molecule is NCC1COc2[c-]cnn2C1.[W]. The molecule has 5 heteroatoms. The first kappa shape index (κ1) is 9.74. The Balaban J connectivity index is 0.000000720. The van der Waals surface area contributed by atoms with Crippen molar-refractivity contribution in [1.82, 2.24) is 9.78 Å². The summed E-state index contributed by atoms with van der Waals surface area (Å²) < 4.78 is 7.12. The first-order chi connectivity index (χ1) is 5.40. The molecule has 4 nitrogen and oxygen atoms in total. The zero-order chi connectivity index (χ0) is 7.68. The molecule has 2 heterocycles. The molecule has 1 aromatic rings. The monoisotopic (exact) mass is 336 g/mol. The third kappa shape index (κ3) is 1.70. The summed E-state index contributed by atoms with van der Waals surface area (Å²) in [5.74, 6) is 1.13. The van der Waals surface area contributed by atoms with Gasteiger partial charge >= 0.3 is 0 Å². The van der Waals surface area contributed by atoms with Crippen molar-refractivity contribution in [2.75, 3.05) is 13.2 Å². The number of hydrogen-bond donors (Lipinski definition) is 1. The molecule has 1 aliphatic rings. The first-order valence-electron chi connectivity index (χ1n) is 3.66. The molecular formula is C7H10N3OW-. The van der Waals surface area contributed by atoms with Crippen LogP contribution in [0.25, 0.3) is 0 Å². The number of ether oxygens (including phenoxy) is 1. The topological polar surface area (TPSA) is 53.1 Å². The minimum atomic E-state index is 0. The Bertz CT molecular complexity index is 251. The second-order valence-electron chi connectivity index (χ2n) is 2.69. The van der Waals surface area contributed by atoms with Crippen molar-refractivity contribution in [2.45, 2.75) is 6.54 Å². The molecule has 1 aliphatic heterocycles. The summed E-state index contributed by atoms with van der Waals surface area (Å²) >= 11 is 0. The number of nitrogens with zero attached hydrogens (tertiary/aromatic N) is 2. The van der Waals surface area contributed by atoms with Gasteiger partial charge in [0.1, 0.15) is 0 Å². The smallest absolute Gasteiger partial charge is 0.0918 e. The van der Waals surface area contributed by atoms with Crippen molar-refractivity contribution in [1.29, 1.82) is 0 Å². The Labute approximate surface area is 85.3 Å². The van der Waals surface area contributed by atoms with Gasteiger partial charge in [0, 0.05) is 46.0 Å². The van der Waals surface area contributed by atoms with Crippen LogP contribution < -0.4 is 10.5 Å². The van der Waals surface area contributed by atoms with E-state index in [9.17, 15) is 0 Å². The molecule has 0 aromatic carbocycles. The van der Waals surface area contributed by atoms with E-state index >= 15 is 0 Å². The predicted octanol–water partition coefficient (Wildman–Crippen LogP) is -0.352. The van der Waals surface area contributed by atoms with E-state index in [2.05, 4.69) is 11.2 Å². The van der Waals surface area contributed by atoms with Gasteiger partial charge in [-0.2, -0.15) is 0 Å². The molecule has 0 bridgehead atoms. The summed E-state index contributed by atoms with van der Waals surface area (Å²) in [5, 5.41) is 4.04. The minimum Gasteiger partial charge on any atom is -0.512 e. The number of aromatic nitrogens is 2. The zero-order valence-electron chi connectivity index (χ0n) is 6.56. The molecule has 0 fully saturated rings. The molecule has 0 radical (unpaired) electrons. The van der Waals surface area contributed by atoms with Crippen LogP contribution in [0.4, 0.5) is 0 Å². The summed E-state index contributed by atoms with van der Waals surface area (Å²) in [7, 11) is 0. The van der Waals surface area contributed by atoms with Crippen molar-refractivity contribution in [3.05, 3.63) is 12.3 Å². The number of fused-ring (bicyclic) bond motifs is 1. The van der Waals surface area contributed by atoms with Crippen LogP contribution in [-0.2, 0) is 27.6 Å². The van der Waals surface area contributed by atoms with E-state index in [1.807, 2.05) is 0 Å². The summed E-state index contributed by atoms with van der Waals surface area (Å²) in [5.41, 5.74) is 5.50. The van der Waals surface area contributed by atoms with E-state index < -0.39 is 0 Å². The van der Waals surface area contributed by atoms with Crippen LogP contribution in [0.2, 0.25) is 0 Å². The Kier molecular flexibility index (Phi) is 3.29. The Morgan fingerprint density at radius 2 is 2.67 bits per heavy atom. The second-order valence-corrected chi connectivity index (χ2v) is 2.69. The molecule has 0 aliphatic carbocycles. The predicted molar refractivity (Wildman–Crippen MR) is 39.1 cm³/mol. The number of hydrogen-bond acceptors (Lipinski definition) is 3. The summed E-state index contributed by atoms with van der Waals surface area (Å²) in [6, 6.07) is 2.89. The van der Waals surface area contributed by atoms with E-state index in [0.29, 0.717) is 19.1 Å². The zero-order valence-corrected chi connectivity index (χ0v) is 9.50. The fraction of sp³-hybridized carbons (Fsp3) is 0.571. The maximum absolute atomic E-state index is 5.50. The van der Waals surface area contributed by atoms with E-state index in [-0.39, 0.29) is 21.1 Å². The van der Waals surface area contributed by atoms with Gasteiger partial charge in [0.2, 0.25) is 0 Å². The van der Waals surface area contributed by atoms with E-state index in [4.69, 9.17) is 10.5 Å². The van der Waals surface area contributed by atoms with Gasteiger partial charge < -0.3 is 16.5 Å². The normalized spacial score (nSPS) is 20.6. The van der Waals surface area contributed by atoms with E-state index in [1.54, 1.807) is 10.9 Å². The van der Waals surface area contributed by atoms with Crippen LogP contribution in [0.3, 0.4) is 0 Å². The average Bonchev–Trinajstić information content (AvgIpc) is 2.50. The van der Waals surface area contributed by atoms with Gasteiger partial charge in [-0.3, -0.25) is 4.68 Å². The molecule has 2 rings (SSSR count). The van der Waals surface area contributed by atoms with Crippen molar-refractivity contribution in [3.63, 3.8) is 0 Å². The van der Waals surface area contributed by atoms with Crippen LogP contribution >= 0.6 is 0 Å². The third-order valence-electron chi connectivity index (χ3n) is 1.84. The maximum Gasteiger partial charge on any atom is 0.0918 e. The molecule has 66 valence electrons. The van der Waals surface area contributed by atoms with Gasteiger partial charge in [0.25, 0.3) is 0 Å². The van der Waals surface area contributed by atoms with Gasteiger partial charge in [-0.1, -0.05) is 0 Å². The second kappa shape index (κ2) is 4.06. The molecule has 1 atom stereocenters. The summed E-state index contributed by atoms with van der Waals surface area (Å²) in [4.78, 5) is 0. The Morgan fingerprint density at radius 1 is 1.83 bits per heavy atom. The number of rotatable bonds is 1. The van der Waals surface area contributed by atoms with Crippen LogP contribution in [-0.4, -0.2) is 22.9 Å². The molecule has 12 heavy (non-hydrogen) atoms. The van der Waals surface area contributed by atoms with Crippen molar-refractivity contribution in [3.8, 4) is 5.88 Å². The van der Waals surface area contributed by atoms with Crippen LogP contribution in [0.5, 0.6) is 5.88 Å². The van der Waals surface area contributed by atoms with Crippen molar-refractivity contribution < 1.29 is 25.8 Å². The van der Waals surface area contributed by atoms with Crippen LogP contribution in [0.1, 0.15) is 0 Å². The molecule has 2 N–H and O–H groups in total. The van der Waals surface area contributed by atoms with Crippen LogP contribution in [0.15, 0.2) is 6.20 Å². The molecule has 1 unspecified atom stereocenters. The number of nitrogens with two attached hydrogens (primary N) is 1. The van der Waals surface area contributed by atoms with Crippen molar-refractivity contribution in [2.24, 2.45) is 11.7 Å². The van der Waals surface area contributed by atoms with Crippen LogP contribution in [0, 0.1) is 12.0 Å². The quantitative estimate of drug-likeness (QED) is 0.714. The molecule has 1 aromatic heterocycles. The molecule has 0 saturated carbocycles. The third-order valence-corrected chi connectivity index (χ3v) is 1.84. The van der Waals surface area contributed by atoms with Crippen molar-refractivity contribution >= 4 is 0 Å². The van der Waals surface area contributed by atoms with E-state index in [1.165, 1.54) is 0 Å². The van der Waals surface area contributed by atoms with Gasteiger partial charge in [0.15, 0.2) is 0 Å². The molecule has 0 saturated heterocycles. The maximum atomic E-state index is 5.50. The Morgan fingerprint density at radius 3 is 3.42 bits per heavy atom. The average molecular weight is 336 g/mol. The van der Waals surface area contributed by atoms with Gasteiger partial charge in [-0.05, 0) is 0 Å². The van der Waals surface area contributed by atoms with Gasteiger partial charge in [0.05, 0.1) is 6.61 Å². The van der Waals surface area contributed by atoms with Gasteiger partial charge in [-0.15, -0.1) is 6.20 Å². The minimum absolute atomic E-state index is 0. The summed E-state index contributed by atoms with van der Waals surface area (Å²) in [6.45, 7) is 2.20. The Hall–Kier alpha value is -0.342. The van der Waals surface area contributed by atoms with Gasteiger partial charge in [-0.25, -0.2) is 5.10 Å². The molecular weight excluding hydrogens is 326 g/mol. The molecule has 0 spiro atoms. The van der Waals surface area contributed by atoms with E-state index in [0.717, 1.165) is 12.4 Å². The fourth-order valence-electron chi connectivity index (χ4n) is 1.16. The fourth-order valence-corrected chi connectivity index (χ4v) is 1.16. The standard InChI is InChI=1S/C7H10N3O.W/c8-3-6-4-10-7(11-5-6)1-2-9-10;/h2,6H,3-5,8H2;/q-1;. The molecule has 0 amide bonds. The first-order valence-corrected chi connectivity index (χ1v) is 3.66.